The standard InChI is InChI=1S/C24H23N3O2S/c28-20-3-1-2-19(14-20)26-21-8-9-25-22-15-23(30-24(21)22)18-6-4-17(5-7-18)16-27-10-12-29-13-11-27/h1-9,14-15,28H,10-13,16H2,(H,25,26). The zero-order valence-corrected chi connectivity index (χ0v) is 17.4. The number of thiophene rings is 1. The molecule has 2 aromatic heterocycles. The van der Waals surface area contributed by atoms with Gasteiger partial charge >= 0.3 is 0 Å². The van der Waals surface area contributed by atoms with Gasteiger partial charge < -0.3 is 15.2 Å². The number of phenols is 1. The minimum atomic E-state index is 0.245. The lowest BCUT2D eigenvalue weighted by Crippen LogP contribution is -2.35. The highest BCUT2D eigenvalue weighted by Gasteiger charge is 2.12. The summed E-state index contributed by atoms with van der Waals surface area (Å²) in [4.78, 5) is 8.17. The van der Waals surface area contributed by atoms with Gasteiger partial charge in [-0.1, -0.05) is 30.3 Å². The molecule has 5 rings (SSSR count). The molecule has 0 spiro atoms. The van der Waals surface area contributed by atoms with Crippen molar-refractivity contribution in [3.63, 3.8) is 0 Å². The summed E-state index contributed by atoms with van der Waals surface area (Å²) in [5, 5.41) is 13.1. The molecule has 1 aliphatic rings. The van der Waals surface area contributed by atoms with Crippen molar-refractivity contribution in [3.8, 4) is 16.2 Å². The maximum atomic E-state index is 9.72. The van der Waals surface area contributed by atoms with Gasteiger partial charge in [0.2, 0.25) is 0 Å². The van der Waals surface area contributed by atoms with E-state index in [2.05, 4.69) is 45.5 Å². The van der Waals surface area contributed by atoms with Crippen LogP contribution in [-0.4, -0.2) is 41.3 Å². The van der Waals surface area contributed by atoms with E-state index in [1.165, 1.54) is 16.0 Å². The number of hydrogen-bond acceptors (Lipinski definition) is 6. The first-order valence-corrected chi connectivity index (χ1v) is 10.9. The molecule has 30 heavy (non-hydrogen) atoms. The molecule has 1 aliphatic heterocycles. The largest absolute Gasteiger partial charge is 0.508 e. The van der Waals surface area contributed by atoms with E-state index in [-0.39, 0.29) is 5.75 Å². The van der Waals surface area contributed by atoms with Crippen LogP contribution in [0.1, 0.15) is 5.56 Å². The molecule has 0 bridgehead atoms. The van der Waals surface area contributed by atoms with E-state index in [9.17, 15) is 5.11 Å². The first-order chi connectivity index (χ1) is 14.7. The monoisotopic (exact) mass is 417 g/mol. The van der Waals surface area contributed by atoms with Crippen molar-refractivity contribution in [2.75, 3.05) is 31.6 Å². The third-order valence-corrected chi connectivity index (χ3v) is 6.49. The zero-order chi connectivity index (χ0) is 20.3. The quantitative estimate of drug-likeness (QED) is 0.465. The average Bonchev–Trinajstić information content (AvgIpc) is 3.21. The van der Waals surface area contributed by atoms with Gasteiger partial charge in [0.05, 0.1) is 29.1 Å². The average molecular weight is 418 g/mol. The predicted octanol–water partition coefficient (Wildman–Crippen LogP) is 5.24. The second-order valence-corrected chi connectivity index (χ2v) is 8.50. The molecule has 2 N–H and O–H groups in total. The number of benzene rings is 2. The minimum absolute atomic E-state index is 0.245. The fourth-order valence-electron chi connectivity index (χ4n) is 3.71. The van der Waals surface area contributed by atoms with Crippen LogP contribution in [0.4, 0.5) is 11.4 Å². The Hall–Kier alpha value is -2.93. The predicted molar refractivity (Wildman–Crippen MR) is 123 cm³/mol. The summed E-state index contributed by atoms with van der Waals surface area (Å²) in [7, 11) is 0. The zero-order valence-electron chi connectivity index (χ0n) is 16.5. The summed E-state index contributed by atoms with van der Waals surface area (Å²) in [5.41, 5.74) is 5.34. The molecule has 2 aromatic carbocycles. The number of nitrogens with one attached hydrogen (secondary N) is 1. The Morgan fingerprint density at radius 2 is 1.87 bits per heavy atom. The number of nitrogens with zero attached hydrogens (tertiary/aromatic N) is 2. The number of aromatic hydroxyl groups is 1. The first-order valence-electron chi connectivity index (χ1n) is 10.1. The molecule has 3 heterocycles. The van der Waals surface area contributed by atoms with Gasteiger partial charge in [0, 0.05) is 42.5 Å². The lowest BCUT2D eigenvalue weighted by Gasteiger charge is -2.26. The number of anilines is 2. The van der Waals surface area contributed by atoms with Crippen molar-refractivity contribution in [2.45, 2.75) is 6.54 Å². The van der Waals surface area contributed by atoms with Gasteiger partial charge in [-0.05, 0) is 35.4 Å². The van der Waals surface area contributed by atoms with Crippen LogP contribution in [0, 0.1) is 0 Å². The van der Waals surface area contributed by atoms with Gasteiger partial charge in [0.1, 0.15) is 5.75 Å². The highest BCUT2D eigenvalue weighted by atomic mass is 32.1. The van der Waals surface area contributed by atoms with Crippen molar-refractivity contribution in [3.05, 3.63) is 72.4 Å². The number of pyridine rings is 1. The van der Waals surface area contributed by atoms with Crippen molar-refractivity contribution >= 4 is 32.9 Å². The molecule has 6 heteroatoms. The van der Waals surface area contributed by atoms with Gasteiger partial charge in [0.25, 0.3) is 0 Å². The number of ether oxygens (including phenoxy) is 1. The van der Waals surface area contributed by atoms with Crippen LogP contribution in [0.15, 0.2) is 66.9 Å². The number of morpholine rings is 1. The molecule has 1 fully saturated rings. The maximum absolute atomic E-state index is 9.72. The van der Waals surface area contributed by atoms with Crippen molar-refractivity contribution < 1.29 is 9.84 Å². The molecule has 0 radical (unpaired) electrons. The van der Waals surface area contributed by atoms with Crippen molar-refractivity contribution in [1.82, 2.24) is 9.88 Å². The maximum Gasteiger partial charge on any atom is 0.117 e. The van der Waals surface area contributed by atoms with E-state index in [1.807, 2.05) is 24.4 Å². The summed E-state index contributed by atoms with van der Waals surface area (Å²) >= 11 is 1.73. The molecule has 0 saturated carbocycles. The number of fused-ring (bicyclic) bond motifs is 1. The molecular weight excluding hydrogens is 394 g/mol. The highest BCUT2D eigenvalue weighted by molar-refractivity contribution is 7.22. The van der Waals surface area contributed by atoms with Crippen LogP contribution in [0.3, 0.4) is 0 Å². The Kier molecular flexibility index (Phi) is 5.36. The molecule has 152 valence electrons. The van der Waals surface area contributed by atoms with Crippen molar-refractivity contribution in [2.24, 2.45) is 0 Å². The van der Waals surface area contributed by atoms with E-state index in [4.69, 9.17) is 4.74 Å². The normalized spacial score (nSPS) is 14.8. The molecular formula is C24H23N3O2S. The Labute approximate surface area is 179 Å². The van der Waals surface area contributed by atoms with E-state index in [0.29, 0.717) is 0 Å². The second kappa shape index (κ2) is 8.44. The fraction of sp³-hybridized carbons (Fsp3) is 0.208. The lowest BCUT2D eigenvalue weighted by molar-refractivity contribution is 0.0342. The first kappa shape index (κ1) is 19.1. The van der Waals surface area contributed by atoms with Crippen LogP contribution < -0.4 is 5.32 Å². The van der Waals surface area contributed by atoms with Gasteiger partial charge in [-0.2, -0.15) is 0 Å². The fourth-order valence-corrected chi connectivity index (χ4v) is 4.80. The number of hydrogen-bond donors (Lipinski definition) is 2. The third kappa shape index (κ3) is 4.16. The molecule has 1 saturated heterocycles. The van der Waals surface area contributed by atoms with E-state index < -0.39 is 0 Å². The lowest BCUT2D eigenvalue weighted by atomic mass is 10.1. The smallest absolute Gasteiger partial charge is 0.117 e. The molecule has 4 aromatic rings. The number of aromatic nitrogens is 1. The molecule has 0 amide bonds. The minimum Gasteiger partial charge on any atom is -0.508 e. The van der Waals surface area contributed by atoms with Gasteiger partial charge in [-0.3, -0.25) is 9.88 Å². The Morgan fingerprint density at radius 1 is 1.03 bits per heavy atom. The van der Waals surface area contributed by atoms with E-state index in [1.54, 1.807) is 23.5 Å². The van der Waals surface area contributed by atoms with Gasteiger partial charge in [-0.25, -0.2) is 0 Å². The van der Waals surface area contributed by atoms with Crippen molar-refractivity contribution in [1.29, 1.82) is 0 Å². The van der Waals surface area contributed by atoms with E-state index >= 15 is 0 Å². The van der Waals surface area contributed by atoms with Crippen LogP contribution in [0.5, 0.6) is 5.75 Å². The summed E-state index contributed by atoms with van der Waals surface area (Å²) in [6.07, 6.45) is 1.81. The van der Waals surface area contributed by atoms with Gasteiger partial charge in [-0.15, -0.1) is 11.3 Å². The number of rotatable bonds is 5. The second-order valence-electron chi connectivity index (χ2n) is 7.44. The Morgan fingerprint density at radius 3 is 2.67 bits per heavy atom. The van der Waals surface area contributed by atoms with Gasteiger partial charge in [0.15, 0.2) is 0 Å². The summed E-state index contributed by atoms with van der Waals surface area (Å²) in [6, 6.07) is 20.1. The summed E-state index contributed by atoms with van der Waals surface area (Å²) in [5.74, 6) is 0.245. The third-order valence-electron chi connectivity index (χ3n) is 5.29. The SMILES string of the molecule is Oc1cccc(Nc2ccnc3cc(-c4ccc(CN5CCOCC5)cc4)sc23)c1. The summed E-state index contributed by atoms with van der Waals surface area (Å²) in [6.45, 7) is 4.62. The Balaban J connectivity index is 1.38. The Bertz CT molecular complexity index is 1150. The van der Waals surface area contributed by atoms with Crippen LogP contribution in [0.2, 0.25) is 0 Å². The molecule has 0 atom stereocenters. The topological polar surface area (TPSA) is 57.6 Å². The number of phenolic OH excluding ortho intramolecular Hbond substituents is 1. The molecule has 5 nitrogen and oxygen atoms in total. The summed E-state index contributed by atoms with van der Waals surface area (Å²) < 4.78 is 6.54. The highest BCUT2D eigenvalue weighted by Crippen LogP contribution is 2.37. The van der Waals surface area contributed by atoms with Crippen LogP contribution in [-0.2, 0) is 11.3 Å². The van der Waals surface area contributed by atoms with Crippen LogP contribution in [0.25, 0.3) is 20.7 Å². The molecule has 0 aliphatic carbocycles. The van der Waals surface area contributed by atoms with Crippen LogP contribution >= 0.6 is 11.3 Å². The molecule has 0 unspecified atom stereocenters. The van der Waals surface area contributed by atoms with E-state index in [0.717, 1.165) is 54.4 Å².